The molecule has 0 spiro atoms. The molecule has 9 heteroatoms. The Kier molecular flexibility index (Phi) is 9.07. The molecule has 0 bridgehead atoms. The van der Waals surface area contributed by atoms with Crippen molar-refractivity contribution in [2.45, 2.75) is 6.42 Å². The number of ether oxygens (including phenoxy) is 2. The molecule has 3 aromatic carbocycles. The predicted octanol–water partition coefficient (Wildman–Crippen LogP) is 5.48. The van der Waals surface area contributed by atoms with Gasteiger partial charge in [-0.05, 0) is 66.7 Å². The molecular formula is C28H26FN3O4S. The standard InChI is InChI=1S/C28H26FN3O4S/c1-35-17-7-16-32-27(34)25(37-28(32)31-22-9-3-2-4-10-22)18-20-8-5-6-11-24(20)36-19-26(33)30-23-14-12-21(29)13-15-23/h2-6,8-15,18H,7,16-17,19H2,1H3,(H,30,33)/b25-18-,31-28?. The average Bonchev–Trinajstić information content (AvgIpc) is 3.19. The van der Waals surface area contributed by atoms with Gasteiger partial charge in [0.25, 0.3) is 11.8 Å². The van der Waals surface area contributed by atoms with Crippen LogP contribution in [0, 0.1) is 5.82 Å². The van der Waals surface area contributed by atoms with E-state index in [1.807, 2.05) is 42.5 Å². The number of thioether (sulfide) groups is 1. The van der Waals surface area contributed by atoms with Crippen molar-refractivity contribution in [2.75, 3.05) is 32.2 Å². The summed E-state index contributed by atoms with van der Waals surface area (Å²) in [6, 6.07) is 22.1. The van der Waals surface area contributed by atoms with E-state index in [0.29, 0.717) is 46.6 Å². The Morgan fingerprint density at radius 1 is 1.05 bits per heavy atom. The van der Waals surface area contributed by atoms with E-state index in [0.717, 1.165) is 5.69 Å². The highest BCUT2D eigenvalue weighted by atomic mass is 32.2. The lowest BCUT2D eigenvalue weighted by Crippen LogP contribution is -2.30. The summed E-state index contributed by atoms with van der Waals surface area (Å²) in [7, 11) is 1.63. The van der Waals surface area contributed by atoms with Gasteiger partial charge in [0.1, 0.15) is 11.6 Å². The molecule has 1 fully saturated rings. The number of aliphatic imine (C=N–C) groups is 1. The van der Waals surface area contributed by atoms with Gasteiger partial charge in [0.2, 0.25) is 0 Å². The van der Waals surface area contributed by atoms with Gasteiger partial charge in [0, 0.05) is 31.5 Å². The fraction of sp³-hybridized carbons (Fsp3) is 0.179. The van der Waals surface area contributed by atoms with E-state index in [1.54, 1.807) is 30.2 Å². The maximum atomic E-state index is 13.3. The van der Waals surface area contributed by atoms with Crippen LogP contribution in [0.4, 0.5) is 15.8 Å². The first-order valence-corrected chi connectivity index (χ1v) is 12.5. The summed E-state index contributed by atoms with van der Waals surface area (Å²) < 4.78 is 24.0. The normalized spacial score (nSPS) is 15.4. The van der Waals surface area contributed by atoms with Crippen molar-refractivity contribution in [3.8, 4) is 5.75 Å². The molecule has 0 unspecified atom stereocenters. The van der Waals surface area contributed by atoms with Gasteiger partial charge in [0.15, 0.2) is 11.8 Å². The number of halogens is 1. The molecule has 0 aromatic heterocycles. The zero-order valence-electron chi connectivity index (χ0n) is 20.2. The number of nitrogens with zero attached hydrogens (tertiary/aromatic N) is 2. The summed E-state index contributed by atoms with van der Waals surface area (Å²) in [6.07, 6.45) is 2.42. The molecular weight excluding hydrogens is 493 g/mol. The monoisotopic (exact) mass is 519 g/mol. The van der Waals surface area contributed by atoms with E-state index < -0.39 is 0 Å². The van der Waals surface area contributed by atoms with E-state index in [9.17, 15) is 14.0 Å². The number of methoxy groups -OCH3 is 1. The number of carbonyl (C=O) groups is 2. The zero-order valence-corrected chi connectivity index (χ0v) is 21.0. The SMILES string of the molecule is COCCCN1C(=O)/C(=C/c2ccccc2OCC(=O)Nc2ccc(F)cc2)SC1=Nc1ccccc1. The molecule has 2 amide bonds. The summed E-state index contributed by atoms with van der Waals surface area (Å²) in [5.74, 6) is -0.469. The molecule has 1 aliphatic heterocycles. The summed E-state index contributed by atoms with van der Waals surface area (Å²) in [5.41, 5.74) is 1.88. The number of amidine groups is 1. The van der Waals surface area contributed by atoms with Crippen molar-refractivity contribution in [1.82, 2.24) is 4.90 Å². The molecule has 0 atom stereocenters. The molecule has 0 radical (unpaired) electrons. The third-order valence-corrected chi connectivity index (χ3v) is 6.30. The van der Waals surface area contributed by atoms with Crippen LogP contribution in [0.15, 0.2) is 88.8 Å². The predicted molar refractivity (Wildman–Crippen MR) is 144 cm³/mol. The largest absolute Gasteiger partial charge is 0.483 e. The van der Waals surface area contributed by atoms with Gasteiger partial charge in [-0.3, -0.25) is 14.5 Å². The molecule has 0 saturated carbocycles. The minimum atomic E-state index is -0.387. The van der Waals surface area contributed by atoms with Crippen molar-refractivity contribution in [3.05, 3.63) is 95.1 Å². The number of nitrogens with one attached hydrogen (secondary N) is 1. The van der Waals surface area contributed by atoms with Crippen LogP contribution < -0.4 is 10.1 Å². The van der Waals surface area contributed by atoms with Crippen LogP contribution in [0.2, 0.25) is 0 Å². The van der Waals surface area contributed by atoms with Crippen LogP contribution in [-0.4, -0.2) is 48.8 Å². The van der Waals surface area contributed by atoms with E-state index in [2.05, 4.69) is 10.3 Å². The van der Waals surface area contributed by atoms with Crippen molar-refractivity contribution in [3.63, 3.8) is 0 Å². The van der Waals surface area contributed by atoms with E-state index in [4.69, 9.17) is 9.47 Å². The zero-order chi connectivity index (χ0) is 26.0. The molecule has 0 aliphatic carbocycles. The highest BCUT2D eigenvalue weighted by Crippen LogP contribution is 2.35. The van der Waals surface area contributed by atoms with Crippen LogP contribution in [0.3, 0.4) is 0 Å². The van der Waals surface area contributed by atoms with Gasteiger partial charge in [0.05, 0.1) is 10.6 Å². The highest BCUT2D eigenvalue weighted by Gasteiger charge is 2.33. The Labute approximate surface area is 219 Å². The van der Waals surface area contributed by atoms with E-state index >= 15 is 0 Å². The minimum Gasteiger partial charge on any atom is -0.483 e. The smallest absolute Gasteiger partial charge is 0.266 e. The number of rotatable bonds is 10. The molecule has 7 nitrogen and oxygen atoms in total. The fourth-order valence-corrected chi connectivity index (χ4v) is 4.53. The Morgan fingerprint density at radius 3 is 2.54 bits per heavy atom. The molecule has 1 aliphatic rings. The van der Waals surface area contributed by atoms with Crippen LogP contribution in [0.25, 0.3) is 6.08 Å². The van der Waals surface area contributed by atoms with Crippen LogP contribution in [-0.2, 0) is 14.3 Å². The number of amides is 2. The van der Waals surface area contributed by atoms with Crippen molar-refractivity contribution < 1.29 is 23.5 Å². The number of carbonyl (C=O) groups excluding carboxylic acids is 2. The molecule has 37 heavy (non-hydrogen) atoms. The average molecular weight is 520 g/mol. The second-order valence-corrected chi connectivity index (χ2v) is 9.03. The number of anilines is 1. The van der Waals surface area contributed by atoms with Gasteiger partial charge in [-0.1, -0.05) is 36.4 Å². The molecule has 190 valence electrons. The topological polar surface area (TPSA) is 80.2 Å². The first-order valence-electron chi connectivity index (χ1n) is 11.6. The quantitative estimate of drug-likeness (QED) is 0.283. The van der Waals surface area contributed by atoms with Crippen molar-refractivity contribution in [1.29, 1.82) is 0 Å². The summed E-state index contributed by atoms with van der Waals surface area (Å²) in [4.78, 5) is 32.5. The molecule has 4 rings (SSSR count). The van der Waals surface area contributed by atoms with Crippen LogP contribution in [0.1, 0.15) is 12.0 Å². The minimum absolute atomic E-state index is 0.153. The van der Waals surface area contributed by atoms with Gasteiger partial charge < -0.3 is 14.8 Å². The number of hydrogen-bond donors (Lipinski definition) is 1. The van der Waals surface area contributed by atoms with Crippen LogP contribution >= 0.6 is 11.8 Å². The molecule has 1 N–H and O–H groups in total. The summed E-state index contributed by atoms with van der Waals surface area (Å²) in [6.45, 7) is 0.760. The second-order valence-electron chi connectivity index (χ2n) is 8.03. The lowest BCUT2D eigenvalue weighted by Gasteiger charge is -2.15. The summed E-state index contributed by atoms with van der Waals surface area (Å²) in [5, 5.41) is 3.25. The number of para-hydroxylation sites is 2. The van der Waals surface area contributed by atoms with Crippen LogP contribution in [0.5, 0.6) is 5.75 Å². The third-order valence-electron chi connectivity index (χ3n) is 5.29. The molecule has 1 heterocycles. The van der Waals surface area contributed by atoms with Gasteiger partial charge >= 0.3 is 0 Å². The maximum absolute atomic E-state index is 13.3. The van der Waals surface area contributed by atoms with Crippen molar-refractivity contribution >= 4 is 46.2 Å². The Balaban J connectivity index is 1.50. The van der Waals surface area contributed by atoms with Gasteiger partial charge in [-0.25, -0.2) is 9.38 Å². The van der Waals surface area contributed by atoms with Gasteiger partial charge in [-0.2, -0.15) is 0 Å². The first kappa shape index (κ1) is 26.1. The van der Waals surface area contributed by atoms with Gasteiger partial charge in [-0.15, -0.1) is 0 Å². The fourth-order valence-electron chi connectivity index (χ4n) is 3.51. The maximum Gasteiger partial charge on any atom is 0.266 e. The lowest BCUT2D eigenvalue weighted by atomic mass is 10.2. The first-order chi connectivity index (χ1) is 18.0. The third kappa shape index (κ3) is 7.28. The Hall–Kier alpha value is -3.95. The number of hydrogen-bond acceptors (Lipinski definition) is 6. The lowest BCUT2D eigenvalue weighted by molar-refractivity contribution is -0.122. The second kappa shape index (κ2) is 12.8. The Morgan fingerprint density at radius 2 is 1.78 bits per heavy atom. The summed E-state index contributed by atoms with van der Waals surface area (Å²) >= 11 is 1.29. The van der Waals surface area contributed by atoms with Crippen molar-refractivity contribution in [2.24, 2.45) is 4.99 Å². The van der Waals surface area contributed by atoms with E-state index in [-0.39, 0.29) is 24.2 Å². The highest BCUT2D eigenvalue weighted by molar-refractivity contribution is 8.18. The Bertz CT molecular complexity index is 1300. The number of benzene rings is 3. The van der Waals surface area contributed by atoms with E-state index in [1.165, 1.54) is 36.0 Å². The molecule has 1 saturated heterocycles. The molecule has 3 aromatic rings.